The summed E-state index contributed by atoms with van der Waals surface area (Å²) in [6, 6.07) is 6.22. The third-order valence-corrected chi connectivity index (χ3v) is 5.88. The van der Waals surface area contributed by atoms with E-state index in [0.717, 1.165) is 0 Å². The lowest BCUT2D eigenvalue weighted by atomic mass is 10.2. The normalized spacial score (nSPS) is 15.2. The number of morpholine rings is 1. The van der Waals surface area contributed by atoms with Gasteiger partial charge in [0.1, 0.15) is 6.54 Å². The van der Waals surface area contributed by atoms with Crippen LogP contribution in [-0.2, 0) is 30.8 Å². The molecule has 1 fully saturated rings. The van der Waals surface area contributed by atoms with Crippen LogP contribution in [0, 0.1) is 0 Å². The van der Waals surface area contributed by atoms with E-state index in [0.29, 0.717) is 24.5 Å². The van der Waals surface area contributed by atoms with Crippen LogP contribution in [0.1, 0.15) is 10.4 Å². The molecule has 150 valence electrons. The first-order valence-electron chi connectivity index (χ1n) is 8.48. The van der Waals surface area contributed by atoms with Gasteiger partial charge in [-0.05, 0) is 24.3 Å². The summed E-state index contributed by atoms with van der Waals surface area (Å²) in [5.41, 5.74) is 0.868. The van der Waals surface area contributed by atoms with Crippen LogP contribution in [0.5, 0.6) is 0 Å². The average molecular weight is 408 g/mol. The number of hydrogen-bond acceptors (Lipinski definition) is 7. The summed E-state index contributed by atoms with van der Waals surface area (Å²) in [5, 5.41) is 2.56. The zero-order valence-electron chi connectivity index (χ0n) is 15.2. The number of esters is 1. The molecule has 1 saturated heterocycles. The fraction of sp³-hybridized carbons (Fsp3) is 0.353. The van der Waals surface area contributed by atoms with E-state index in [1.807, 2.05) is 0 Å². The van der Waals surface area contributed by atoms with Crippen molar-refractivity contribution in [3.8, 4) is 0 Å². The lowest BCUT2D eigenvalue weighted by Gasteiger charge is -2.24. The molecule has 0 aliphatic carbocycles. The maximum absolute atomic E-state index is 12.5. The van der Waals surface area contributed by atoms with E-state index < -0.39 is 16.0 Å². The van der Waals surface area contributed by atoms with Crippen molar-refractivity contribution in [1.82, 2.24) is 13.9 Å². The number of amides is 1. The molecular weight excluding hydrogens is 388 g/mol. The van der Waals surface area contributed by atoms with Crippen LogP contribution in [-0.4, -0.2) is 67.6 Å². The highest BCUT2D eigenvalue weighted by molar-refractivity contribution is 7.89. The van der Waals surface area contributed by atoms with E-state index in [4.69, 9.17) is 4.74 Å². The van der Waals surface area contributed by atoms with Crippen LogP contribution in [0.3, 0.4) is 0 Å². The van der Waals surface area contributed by atoms with Crippen molar-refractivity contribution >= 4 is 27.6 Å². The number of nitrogens with zero attached hydrogens (tertiary/aromatic N) is 3. The lowest BCUT2D eigenvalue weighted by Crippen LogP contribution is -2.40. The molecule has 3 rings (SSSR count). The standard InChI is InChI=1S/C17H20N4O6S/c1-26-17(23)13-2-4-14(5-3-13)19-15(22)10-20-11-16(18-12-20)28(24,25)21-6-8-27-9-7-21/h2-5,11-12H,6-10H2,1H3,(H,19,22). The van der Waals surface area contributed by atoms with Gasteiger partial charge in [-0.1, -0.05) is 0 Å². The molecule has 11 heteroatoms. The molecule has 28 heavy (non-hydrogen) atoms. The molecule has 1 aromatic heterocycles. The van der Waals surface area contributed by atoms with Crippen LogP contribution in [0.15, 0.2) is 41.8 Å². The second-order valence-corrected chi connectivity index (χ2v) is 7.90. The zero-order valence-corrected chi connectivity index (χ0v) is 16.0. The van der Waals surface area contributed by atoms with Crippen molar-refractivity contribution in [2.24, 2.45) is 0 Å². The molecule has 0 radical (unpaired) electrons. The number of benzene rings is 1. The van der Waals surface area contributed by atoms with Gasteiger partial charge in [0.15, 0.2) is 5.03 Å². The maximum atomic E-state index is 12.5. The number of hydrogen-bond donors (Lipinski definition) is 1. The Morgan fingerprint density at radius 3 is 2.54 bits per heavy atom. The van der Waals surface area contributed by atoms with E-state index in [1.54, 1.807) is 12.1 Å². The first-order valence-corrected chi connectivity index (χ1v) is 9.92. The van der Waals surface area contributed by atoms with E-state index in [2.05, 4.69) is 15.0 Å². The number of methoxy groups -OCH3 is 1. The number of sulfonamides is 1. The number of carbonyl (C=O) groups excluding carboxylic acids is 2. The molecule has 0 spiro atoms. The third kappa shape index (κ3) is 4.55. The molecule has 1 aromatic carbocycles. The predicted octanol–water partition coefficient (Wildman–Crippen LogP) is 0.329. The van der Waals surface area contributed by atoms with Gasteiger partial charge in [0.2, 0.25) is 5.91 Å². The molecule has 0 unspecified atom stereocenters. The monoisotopic (exact) mass is 408 g/mol. The fourth-order valence-electron chi connectivity index (χ4n) is 2.65. The van der Waals surface area contributed by atoms with Crippen molar-refractivity contribution in [3.05, 3.63) is 42.4 Å². The quantitative estimate of drug-likeness (QED) is 0.684. The Morgan fingerprint density at radius 2 is 1.89 bits per heavy atom. The molecular formula is C17H20N4O6S. The molecule has 2 aromatic rings. The predicted molar refractivity (Wildman–Crippen MR) is 98.2 cm³/mol. The van der Waals surface area contributed by atoms with Crippen molar-refractivity contribution in [3.63, 3.8) is 0 Å². The smallest absolute Gasteiger partial charge is 0.337 e. The zero-order chi connectivity index (χ0) is 20.1. The Labute approximate surface area is 162 Å². The van der Waals surface area contributed by atoms with Gasteiger partial charge < -0.3 is 19.4 Å². The Balaban J connectivity index is 1.61. The van der Waals surface area contributed by atoms with Crippen LogP contribution in [0.25, 0.3) is 0 Å². The highest BCUT2D eigenvalue weighted by Crippen LogP contribution is 2.15. The van der Waals surface area contributed by atoms with E-state index in [-0.39, 0.29) is 30.6 Å². The van der Waals surface area contributed by atoms with Gasteiger partial charge in [0, 0.05) is 25.0 Å². The minimum Gasteiger partial charge on any atom is -0.465 e. The number of aromatic nitrogens is 2. The summed E-state index contributed by atoms with van der Waals surface area (Å²) in [5.74, 6) is -0.830. The van der Waals surface area contributed by atoms with Gasteiger partial charge in [0.05, 0.1) is 32.2 Å². The number of anilines is 1. The first-order chi connectivity index (χ1) is 13.4. The van der Waals surface area contributed by atoms with Gasteiger partial charge in [-0.15, -0.1) is 0 Å². The lowest BCUT2D eigenvalue weighted by molar-refractivity contribution is -0.116. The van der Waals surface area contributed by atoms with Crippen molar-refractivity contribution in [2.45, 2.75) is 11.6 Å². The Bertz CT molecular complexity index is 948. The van der Waals surface area contributed by atoms with Gasteiger partial charge in [-0.25, -0.2) is 18.2 Å². The summed E-state index contributed by atoms with van der Waals surface area (Å²) >= 11 is 0. The topological polar surface area (TPSA) is 120 Å². The van der Waals surface area contributed by atoms with Crippen LogP contribution in [0.2, 0.25) is 0 Å². The summed E-state index contributed by atoms with van der Waals surface area (Å²) in [6.45, 7) is 1.13. The minimum atomic E-state index is -3.71. The van der Waals surface area contributed by atoms with Gasteiger partial charge in [0.25, 0.3) is 10.0 Å². The maximum Gasteiger partial charge on any atom is 0.337 e. The van der Waals surface area contributed by atoms with Crippen molar-refractivity contribution < 1.29 is 27.5 Å². The average Bonchev–Trinajstić information content (AvgIpc) is 3.17. The summed E-state index contributed by atoms with van der Waals surface area (Å²) < 4.78 is 37.6. The summed E-state index contributed by atoms with van der Waals surface area (Å²) in [6.07, 6.45) is 2.62. The summed E-state index contributed by atoms with van der Waals surface area (Å²) in [7, 11) is -2.42. The number of nitrogens with one attached hydrogen (secondary N) is 1. The first kappa shape index (κ1) is 20.0. The molecule has 1 aliphatic rings. The number of carbonyl (C=O) groups is 2. The van der Waals surface area contributed by atoms with Crippen LogP contribution < -0.4 is 5.32 Å². The second-order valence-electron chi connectivity index (χ2n) is 6.02. The van der Waals surface area contributed by atoms with E-state index >= 15 is 0 Å². The van der Waals surface area contributed by atoms with E-state index in [1.165, 1.54) is 40.6 Å². The summed E-state index contributed by atoms with van der Waals surface area (Å²) in [4.78, 5) is 27.5. The Hall–Kier alpha value is -2.76. The number of ether oxygens (including phenoxy) is 2. The van der Waals surface area contributed by atoms with Crippen molar-refractivity contribution in [1.29, 1.82) is 0 Å². The van der Waals surface area contributed by atoms with Gasteiger partial charge in [-0.3, -0.25) is 4.79 Å². The molecule has 2 heterocycles. The molecule has 1 N–H and O–H groups in total. The van der Waals surface area contributed by atoms with Crippen LogP contribution >= 0.6 is 0 Å². The molecule has 10 nitrogen and oxygen atoms in total. The Kier molecular flexibility index (Phi) is 6.07. The van der Waals surface area contributed by atoms with Gasteiger partial charge in [-0.2, -0.15) is 4.31 Å². The van der Waals surface area contributed by atoms with E-state index in [9.17, 15) is 18.0 Å². The Morgan fingerprint density at radius 1 is 1.21 bits per heavy atom. The fourth-order valence-corrected chi connectivity index (χ4v) is 4.00. The van der Waals surface area contributed by atoms with Crippen molar-refractivity contribution in [2.75, 3.05) is 38.7 Å². The minimum absolute atomic E-state index is 0.107. The largest absolute Gasteiger partial charge is 0.465 e. The third-order valence-electron chi connectivity index (χ3n) is 4.10. The SMILES string of the molecule is COC(=O)c1ccc(NC(=O)Cn2cnc(S(=O)(=O)N3CCOCC3)c2)cc1. The molecule has 0 saturated carbocycles. The second kappa shape index (κ2) is 8.50. The highest BCUT2D eigenvalue weighted by atomic mass is 32.2. The number of rotatable bonds is 6. The molecule has 0 bridgehead atoms. The molecule has 1 aliphatic heterocycles. The van der Waals surface area contributed by atoms with Crippen LogP contribution in [0.4, 0.5) is 5.69 Å². The number of imidazole rings is 1. The molecule has 0 atom stereocenters. The molecule has 1 amide bonds. The highest BCUT2D eigenvalue weighted by Gasteiger charge is 2.28. The van der Waals surface area contributed by atoms with Gasteiger partial charge >= 0.3 is 5.97 Å².